The summed E-state index contributed by atoms with van der Waals surface area (Å²) in [5.41, 5.74) is 2.33. The second-order valence-electron chi connectivity index (χ2n) is 4.08. The summed E-state index contributed by atoms with van der Waals surface area (Å²) < 4.78 is 0. The van der Waals surface area contributed by atoms with Gasteiger partial charge in [0.1, 0.15) is 0 Å². The number of imidazole rings is 1. The Bertz CT molecular complexity index is 725. The Morgan fingerprint density at radius 2 is 2.00 bits per heavy atom. The first kappa shape index (κ1) is 12.6. The first-order valence-corrected chi connectivity index (χ1v) is 6.38. The zero-order chi connectivity index (χ0) is 13.9. The number of fused-ring (bicyclic) bond motifs is 1. The summed E-state index contributed by atoms with van der Waals surface area (Å²) in [6.07, 6.45) is 3.49. The molecule has 0 fully saturated rings. The molecular formula is C12H12ClN7. The van der Waals surface area contributed by atoms with Gasteiger partial charge in [0.05, 0.1) is 0 Å². The number of anilines is 2. The van der Waals surface area contributed by atoms with Gasteiger partial charge in [-0.25, -0.2) is 4.98 Å². The molecule has 0 radical (unpaired) electrons. The Morgan fingerprint density at radius 1 is 1.20 bits per heavy atom. The molecule has 7 nitrogen and oxygen atoms in total. The molecule has 3 aromatic rings. The van der Waals surface area contributed by atoms with Crippen LogP contribution in [0.2, 0.25) is 5.28 Å². The zero-order valence-electron chi connectivity index (χ0n) is 10.7. The Morgan fingerprint density at radius 3 is 2.75 bits per heavy atom. The summed E-state index contributed by atoms with van der Waals surface area (Å²) in [7, 11) is 1.77. The first-order valence-electron chi connectivity index (χ1n) is 6.00. The maximum Gasteiger partial charge on any atom is 0.226 e. The largest absolute Gasteiger partial charge is 0.364 e. The van der Waals surface area contributed by atoms with E-state index in [-0.39, 0.29) is 5.28 Å². The number of nitrogens with one attached hydrogen (secondary N) is 3. The van der Waals surface area contributed by atoms with Crippen LogP contribution in [0.1, 0.15) is 5.56 Å². The van der Waals surface area contributed by atoms with Gasteiger partial charge in [0.2, 0.25) is 11.2 Å². The molecule has 0 spiro atoms. The van der Waals surface area contributed by atoms with Gasteiger partial charge in [0.15, 0.2) is 17.0 Å². The highest BCUT2D eigenvalue weighted by atomic mass is 35.5. The van der Waals surface area contributed by atoms with E-state index in [1.165, 1.54) is 0 Å². The molecule has 0 saturated heterocycles. The molecule has 0 amide bonds. The van der Waals surface area contributed by atoms with E-state index in [0.29, 0.717) is 29.5 Å². The molecule has 0 unspecified atom stereocenters. The van der Waals surface area contributed by atoms with Crippen molar-refractivity contribution in [1.29, 1.82) is 0 Å². The van der Waals surface area contributed by atoms with E-state index < -0.39 is 0 Å². The lowest BCUT2D eigenvalue weighted by Crippen LogP contribution is -2.03. The standard InChI is InChI=1S/C12H12ClN7/c1-14-12-17-8-9(18-11(13)19-10(8)20-12)16-6-7-2-4-15-5-3-7/h2-5H,6H2,1H3,(H3,14,16,17,18,19,20). The van der Waals surface area contributed by atoms with Crippen molar-refractivity contribution < 1.29 is 0 Å². The fourth-order valence-corrected chi connectivity index (χ4v) is 1.97. The molecule has 0 aliphatic heterocycles. The molecule has 0 aliphatic carbocycles. The number of halogens is 1. The number of H-pyrrole nitrogens is 1. The lowest BCUT2D eigenvalue weighted by molar-refractivity contribution is 1.09. The topological polar surface area (TPSA) is 91.4 Å². The van der Waals surface area contributed by atoms with Crippen molar-refractivity contribution in [2.24, 2.45) is 0 Å². The Balaban J connectivity index is 1.92. The van der Waals surface area contributed by atoms with Crippen molar-refractivity contribution in [3.63, 3.8) is 0 Å². The van der Waals surface area contributed by atoms with Crippen LogP contribution >= 0.6 is 11.6 Å². The summed E-state index contributed by atoms with van der Waals surface area (Å²) in [5, 5.41) is 6.30. The molecule has 3 heterocycles. The Kier molecular flexibility index (Phi) is 3.34. The van der Waals surface area contributed by atoms with E-state index in [9.17, 15) is 0 Å². The van der Waals surface area contributed by atoms with Gasteiger partial charge in [-0.05, 0) is 29.3 Å². The molecule has 8 heteroatoms. The molecule has 20 heavy (non-hydrogen) atoms. The van der Waals surface area contributed by atoms with Gasteiger partial charge in [-0.3, -0.25) is 4.98 Å². The van der Waals surface area contributed by atoms with E-state index in [1.807, 2.05) is 12.1 Å². The van der Waals surface area contributed by atoms with Crippen LogP contribution in [0, 0.1) is 0 Å². The molecular weight excluding hydrogens is 278 g/mol. The van der Waals surface area contributed by atoms with Gasteiger partial charge < -0.3 is 15.6 Å². The molecule has 0 aromatic carbocycles. The van der Waals surface area contributed by atoms with Gasteiger partial charge in [0.25, 0.3) is 0 Å². The molecule has 0 atom stereocenters. The monoisotopic (exact) mass is 289 g/mol. The maximum atomic E-state index is 5.92. The predicted octanol–water partition coefficient (Wildman–Crippen LogP) is 2.06. The molecule has 3 rings (SSSR count). The number of nitrogens with zero attached hydrogens (tertiary/aromatic N) is 4. The Labute approximate surface area is 119 Å². The summed E-state index contributed by atoms with van der Waals surface area (Å²) in [6, 6.07) is 3.85. The van der Waals surface area contributed by atoms with Crippen molar-refractivity contribution in [3.8, 4) is 0 Å². The predicted molar refractivity (Wildman–Crippen MR) is 77.8 cm³/mol. The number of hydrogen-bond donors (Lipinski definition) is 3. The van der Waals surface area contributed by atoms with Crippen molar-refractivity contribution in [1.82, 2.24) is 24.9 Å². The summed E-state index contributed by atoms with van der Waals surface area (Å²) >= 11 is 5.92. The van der Waals surface area contributed by atoms with Gasteiger partial charge in [-0.2, -0.15) is 9.97 Å². The lowest BCUT2D eigenvalue weighted by atomic mass is 10.3. The molecule has 3 N–H and O–H groups in total. The minimum absolute atomic E-state index is 0.168. The number of hydrogen-bond acceptors (Lipinski definition) is 6. The summed E-state index contributed by atoms with van der Waals surface area (Å²) in [4.78, 5) is 19.6. The third kappa shape index (κ3) is 2.48. The molecule has 0 saturated carbocycles. The highest BCUT2D eigenvalue weighted by Crippen LogP contribution is 2.22. The molecule has 3 aromatic heterocycles. The smallest absolute Gasteiger partial charge is 0.226 e. The van der Waals surface area contributed by atoms with Crippen molar-refractivity contribution in [2.75, 3.05) is 17.7 Å². The van der Waals surface area contributed by atoms with Crippen LogP contribution in [-0.2, 0) is 6.54 Å². The summed E-state index contributed by atoms with van der Waals surface area (Å²) in [6.45, 7) is 0.604. The van der Waals surface area contributed by atoms with Crippen molar-refractivity contribution >= 4 is 34.5 Å². The second kappa shape index (κ2) is 5.30. The quantitative estimate of drug-likeness (QED) is 0.637. The normalized spacial score (nSPS) is 10.7. The van der Waals surface area contributed by atoms with Gasteiger partial charge in [-0.15, -0.1) is 0 Å². The van der Waals surface area contributed by atoms with Crippen LogP contribution in [0.4, 0.5) is 11.8 Å². The van der Waals surface area contributed by atoms with Crippen LogP contribution in [-0.4, -0.2) is 32.0 Å². The number of aromatic amines is 1. The Hall–Kier alpha value is -2.41. The van der Waals surface area contributed by atoms with Gasteiger partial charge in [0, 0.05) is 26.0 Å². The maximum absolute atomic E-state index is 5.92. The zero-order valence-corrected chi connectivity index (χ0v) is 11.4. The molecule has 102 valence electrons. The van der Waals surface area contributed by atoms with Gasteiger partial charge >= 0.3 is 0 Å². The van der Waals surface area contributed by atoms with E-state index in [4.69, 9.17) is 11.6 Å². The van der Waals surface area contributed by atoms with E-state index in [0.717, 1.165) is 5.56 Å². The highest BCUT2D eigenvalue weighted by molar-refractivity contribution is 6.28. The fourth-order valence-electron chi connectivity index (χ4n) is 1.80. The number of pyridine rings is 1. The average molecular weight is 290 g/mol. The third-order valence-electron chi connectivity index (χ3n) is 2.76. The molecule has 0 bridgehead atoms. The lowest BCUT2D eigenvalue weighted by Gasteiger charge is -2.05. The van der Waals surface area contributed by atoms with Crippen LogP contribution < -0.4 is 10.6 Å². The van der Waals surface area contributed by atoms with Crippen LogP contribution in [0.3, 0.4) is 0 Å². The van der Waals surface area contributed by atoms with E-state index in [2.05, 4.69) is 35.6 Å². The minimum atomic E-state index is 0.168. The molecule has 0 aliphatic rings. The van der Waals surface area contributed by atoms with Crippen LogP contribution in [0.5, 0.6) is 0 Å². The van der Waals surface area contributed by atoms with Crippen LogP contribution in [0.25, 0.3) is 11.2 Å². The van der Waals surface area contributed by atoms with Crippen LogP contribution in [0.15, 0.2) is 24.5 Å². The number of rotatable bonds is 4. The van der Waals surface area contributed by atoms with Crippen molar-refractivity contribution in [3.05, 3.63) is 35.4 Å². The third-order valence-corrected chi connectivity index (χ3v) is 2.93. The first-order chi connectivity index (χ1) is 9.76. The van der Waals surface area contributed by atoms with Crippen molar-refractivity contribution in [2.45, 2.75) is 6.54 Å². The van der Waals surface area contributed by atoms with Gasteiger partial charge in [-0.1, -0.05) is 0 Å². The SMILES string of the molecule is CNc1nc2c(NCc3ccncc3)nc(Cl)nc2[nH]1. The number of aromatic nitrogens is 5. The summed E-state index contributed by atoms with van der Waals surface area (Å²) in [5.74, 6) is 1.21. The fraction of sp³-hybridized carbons (Fsp3) is 0.167. The minimum Gasteiger partial charge on any atom is -0.364 e. The van der Waals surface area contributed by atoms with E-state index >= 15 is 0 Å². The average Bonchev–Trinajstić information content (AvgIpc) is 2.88. The highest BCUT2D eigenvalue weighted by Gasteiger charge is 2.11. The second-order valence-corrected chi connectivity index (χ2v) is 4.42. The van der Waals surface area contributed by atoms with E-state index in [1.54, 1.807) is 19.4 Å².